The molecule has 1 atom stereocenters. The summed E-state index contributed by atoms with van der Waals surface area (Å²) in [5, 5.41) is 4.73. The zero-order chi connectivity index (χ0) is 27.4. The Morgan fingerprint density at radius 1 is 1.05 bits per heavy atom. The van der Waals surface area contributed by atoms with Crippen LogP contribution in [0.2, 0.25) is 0 Å². The molecule has 1 saturated heterocycles. The van der Waals surface area contributed by atoms with E-state index in [1.807, 2.05) is 37.3 Å². The summed E-state index contributed by atoms with van der Waals surface area (Å²) in [7, 11) is 0. The average molecular weight is 536 g/mol. The van der Waals surface area contributed by atoms with Crippen molar-refractivity contribution in [2.75, 3.05) is 13.2 Å². The lowest BCUT2D eigenvalue weighted by molar-refractivity contribution is 0.0502. The van der Waals surface area contributed by atoms with Crippen LogP contribution in [0.5, 0.6) is 11.6 Å². The second-order valence-electron chi connectivity index (χ2n) is 9.31. The van der Waals surface area contributed by atoms with Gasteiger partial charge in [-0.25, -0.2) is 17.9 Å². The number of rotatable bonds is 9. The maximum atomic E-state index is 14.7. The van der Waals surface area contributed by atoms with Gasteiger partial charge in [-0.2, -0.15) is 5.10 Å². The van der Waals surface area contributed by atoms with Crippen molar-refractivity contribution >= 4 is 5.91 Å². The standard InChI is InChI=1S/C30H28F3N3O3/c1-2-27-24(19-35(18-22-11-8-16-38-22)29(37)23-12-6-7-13-25(23)32)30(36(34-27)21-9-4-3-5-10-21)39-28-15-14-20(31)17-26(28)33/h3-7,9-10,12-15,17,22H,2,8,11,16,18-19H2,1H3. The van der Waals surface area contributed by atoms with Crippen LogP contribution in [0.3, 0.4) is 0 Å². The Morgan fingerprint density at radius 3 is 2.51 bits per heavy atom. The smallest absolute Gasteiger partial charge is 0.257 e. The zero-order valence-electron chi connectivity index (χ0n) is 21.4. The fourth-order valence-electron chi connectivity index (χ4n) is 4.68. The normalized spacial score (nSPS) is 14.9. The minimum absolute atomic E-state index is 0.0151. The third-order valence-corrected chi connectivity index (χ3v) is 6.64. The Bertz CT molecular complexity index is 1450. The first-order valence-corrected chi connectivity index (χ1v) is 12.9. The molecule has 0 saturated carbocycles. The van der Waals surface area contributed by atoms with E-state index in [-0.39, 0.29) is 36.4 Å². The zero-order valence-corrected chi connectivity index (χ0v) is 21.4. The summed E-state index contributed by atoms with van der Waals surface area (Å²) in [5.41, 5.74) is 1.75. The molecule has 3 aromatic carbocycles. The molecular weight excluding hydrogens is 507 g/mol. The topological polar surface area (TPSA) is 56.6 Å². The van der Waals surface area contributed by atoms with E-state index in [0.29, 0.717) is 30.0 Å². The summed E-state index contributed by atoms with van der Waals surface area (Å²) >= 11 is 0. The number of para-hydroxylation sites is 1. The summed E-state index contributed by atoms with van der Waals surface area (Å²) in [4.78, 5) is 15.2. The van der Waals surface area contributed by atoms with Gasteiger partial charge in [0.2, 0.25) is 5.88 Å². The number of nitrogens with zero attached hydrogens (tertiary/aromatic N) is 3. The number of hydrogen-bond acceptors (Lipinski definition) is 4. The molecule has 1 fully saturated rings. The fourth-order valence-corrected chi connectivity index (χ4v) is 4.68. The van der Waals surface area contributed by atoms with Crippen LogP contribution in [0.15, 0.2) is 72.8 Å². The summed E-state index contributed by atoms with van der Waals surface area (Å²) in [6.45, 7) is 2.75. The molecule has 2 heterocycles. The molecule has 0 radical (unpaired) electrons. The third kappa shape index (κ3) is 5.83. The van der Waals surface area contributed by atoms with Crippen LogP contribution in [0.25, 0.3) is 5.69 Å². The van der Waals surface area contributed by atoms with Crippen molar-refractivity contribution in [3.8, 4) is 17.3 Å². The number of halogens is 3. The number of amides is 1. The Morgan fingerprint density at radius 2 is 1.82 bits per heavy atom. The number of ether oxygens (including phenoxy) is 2. The van der Waals surface area contributed by atoms with Crippen molar-refractivity contribution < 1.29 is 27.4 Å². The Labute approximate surface area is 224 Å². The van der Waals surface area contributed by atoms with Crippen LogP contribution < -0.4 is 4.74 Å². The summed E-state index contributed by atoms with van der Waals surface area (Å²) in [5.74, 6) is -2.74. The second-order valence-corrected chi connectivity index (χ2v) is 9.31. The van der Waals surface area contributed by atoms with E-state index in [1.165, 1.54) is 33.8 Å². The van der Waals surface area contributed by atoms with E-state index in [9.17, 15) is 18.0 Å². The van der Waals surface area contributed by atoms with Crippen molar-refractivity contribution in [1.29, 1.82) is 0 Å². The largest absolute Gasteiger partial charge is 0.435 e. The third-order valence-electron chi connectivity index (χ3n) is 6.64. The van der Waals surface area contributed by atoms with Gasteiger partial charge in [0.05, 0.1) is 35.2 Å². The van der Waals surface area contributed by atoms with Gasteiger partial charge in [0.25, 0.3) is 5.91 Å². The fraction of sp³-hybridized carbons (Fsp3) is 0.267. The monoisotopic (exact) mass is 535 g/mol. The highest BCUT2D eigenvalue weighted by molar-refractivity contribution is 5.94. The quantitative estimate of drug-likeness (QED) is 0.247. The first-order chi connectivity index (χ1) is 18.9. The number of carbonyl (C=O) groups is 1. The van der Waals surface area contributed by atoms with Crippen LogP contribution in [-0.2, 0) is 17.7 Å². The molecule has 4 aromatic rings. The molecule has 0 spiro atoms. The van der Waals surface area contributed by atoms with Gasteiger partial charge in [-0.1, -0.05) is 37.3 Å². The Hall–Kier alpha value is -4.11. The number of carbonyl (C=O) groups excluding carboxylic acids is 1. The lowest BCUT2D eigenvalue weighted by atomic mass is 10.1. The van der Waals surface area contributed by atoms with Crippen LogP contribution in [0.1, 0.15) is 41.4 Å². The number of aromatic nitrogens is 2. The van der Waals surface area contributed by atoms with E-state index >= 15 is 0 Å². The molecule has 1 amide bonds. The van der Waals surface area contributed by atoms with Gasteiger partial charge < -0.3 is 14.4 Å². The SMILES string of the molecule is CCc1nn(-c2ccccc2)c(Oc2ccc(F)cc2F)c1CN(CC1CCCO1)C(=O)c1ccccc1F. The number of benzene rings is 3. The Balaban J connectivity index is 1.60. The van der Waals surface area contributed by atoms with Crippen molar-refractivity contribution in [1.82, 2.24) is 14.7 Å². The molecule has 39 heavy (non-hydrogen) atoms. The van der Waals surface area contributed by atoms with Crippen LogP contribution in [0, 0.1) is 17.5 Å². The van der Waals surface area contributed by atoms with E-state index in [0.717, 1.165) is 25.0 Å². The molecule has 1 aliphatic rings. The maximum absolute atomic E-state index is 14.7. The molecule has 5 rings (SSSR count). The van der Waals surface area contributed by atoms with E-state index in [1.54, 1.807) is 6.07 Å². The van der Waals surface area contributed by atoms with Gasteiger partial charge in [0.15, 0.2) is 11.6 Å². The van der Waals surface area contributed by atoms with Gasteiger partial charge in [0.1, 0.15) is 11.6 Å². The summed E-state index contributed by atoms with van der Waals surface area (Å²) in [6, 6.07) is 18.0. The van der Waals surface area contributed by atoms with Gasteiger partial charge >= 0.3 is 0 Å². The molecule has 1 unspecified atom stereocenters. The van der Waals surface area contributed by atoms with Crippen molar-refractivity contribution in [2.45, 2.75) is 38.8 Å². The van der Waals surface area contributed by atoms with Crippen molar-refractivity contribution in [3.05, 3.63) is 107 Å². The highest BCUT2D eigenvalue weighted by Gasteiger charge is 2.29. The van der Waals surface area contributed by atoms with E-state index < -0.39 is 23.4 Å². The molecule has 202 valence electrons. The summed E-state index contributed by atoms with van der Waals surface area (Å²) < 4.78 is 56.4. The van der Waals surface area contributed by atoms with Gasteiger partial charge in [-0.05, 0) is 55.7 Å². The van der Waals surface area contributed by atoms with Gasteiger partial charge in [0, 0.05) is 19.2 Å². The van der Waals surface area contributed by atoms with E-state index in [2.05, 4.69) is 0 Å². The van der Waals surface area contributed by atoms with Gasteiger partial charge in [-0.3, -0.25) is 4.79 Å². The predicted molar refractivity (Wildman–Crippen MR) is 139 cm³/mol. The number of aryl methyl sites for hydroxylation is 1. The van der Waals surface area contributed by atoms with Gasteiger partial charge in [-0.15, -0.1) is 0 Å². The lowest BCUT2D eigenvalue weighted by Crippen LogP contribution is -2.37. The molecule has 6 nitrogen and oxygen atoms in total. The predicted octanol–water partition coefficient (Wildman–Crippen LogP) is 6.47. The first kappa shape index (κ1) is 26.5. The summed E-state index contributed by atoms with van der Waals surface area (Å²) in [6.07, 6.45) is 1.93. The molecule has 0 bridgehead atoms. The van der Waals surface area contributed by atoms with Crippen LogP contribution in [0.4, 0.5) is 13.2 Å². The van der Waals surface area contributed by atoms with Crippen molar-refractivity contribution in [2.24, 2.45) is 0 Å². The minimum Gasteiger partial charge on any atom is -0.435 e. The number of hydrogen-bond donors (Lipinski definition) is 0. The lowest BCUT2D eigenvalue weighted by Gasteiger charge is -2.26. The van der Waals surface area contributed by atoms with Crippen LogP contribution in [-0.4, -0.2) is 39.8 Å². The molecule has 9 heteroatoms. The highest BCUT2D eigenvalue weighted by atomic mass is 19.1. The molecule has 0 aliphatic carbocycles. The molecule has 1 aromatic heterocycles. The molecule has 0 N–H and O–H groups in total. The Kier molecular flexibility index (Phi) is 7.97. The average Bonchev–Trinajstić information content (AvgIpc) is 3.58. The van der Waals surface area contributed by atoms with Crippen LogP contribution >= 0.6 is 0 Å². The second kappa shape index (κ2) is 11.7. The highest BCUT2D eigenvalue weighted by Crippen LogP contribution is 2.34. The van der Waals surface area contributed by atoms with Crippen molar-refractivity contribution in [3.63, 3.8) is 0 Å². The van der Waals surface area contributed by atoms with E-state index in [4.69, 9.17) is 14.6 Å². The molecule has 1 aliphatic heterocycles. The minimum atomic E-state index is -0.876. The maximum Gasteiger partial charge on any atom is 0.257 e. The first-order valence-electron chi connectivity index (χ1n) is 12.9. The molecular formula is C30H28F3N3O3.